The molecule has 0 saturated heterocycles. The fourth-order valence-electron chi connectivity index (χ4n) is 1.52. The van der Waals surface area contributed by atoms with E-state index in [0.29, 0.717) is 18.0 Å². The highest BCUT2D eigenvalue weighted by atomic mass is 16.5. The van der Waals surface area contributed by atoms with Crippen molar-refractivity contribution >= 4 is 5.69 Å². The second-order valence-corrected chi connectivity index (χ2v) is 3.62. The number of nitrogens with zero attached hydrogens (tertiary/aromatic N) is 1. The molecule has 3 heteroatoms. The summed E-state index contributed by atoms with van der Waals surface area (Å²) >= 11 is 0. The first-order chi connectivity index (χ1) is 8.81. The van der Waals surface area contributed by atoms with Crippen LogP contribution in [0.1, 0.15) is 6.92 Å². The number of hydrogen-bond donors (Lipinski definition) is 0. The van der Waals surface area contributed by atoms with Crippen LogP contribution in [0.2, 0.25) is 0 Å². The van der Waals surface area contributed by atoms with E-state index >= 15 is 0 Å². The van der Waals surface area contributed by atoms with Crippen molar-refractivity contribution in [2.75, 3.05) is 6.61 Å². The van der Waals surface area contributed by atoms with Gasteiger partial charge >= 0.3 is 0 Å². The van der Waals surface area contributed by atoms with E-state index in [1.807, 2.05) is 37.3 Å². The zero-order valence-electron chi connectivity index (χ0n) is 10.1. The van der Waals surface area contributed by atoms with Crippen LogP contribution in [0.5, 0.6) is 17.2 Å². The smallest absolute Gasteiger partial charge is 0.190 e. The van der Waals surface area contributed by atoms with E-state index in [2.05, 4.69) is 4.85 Å². The summed E-state index contributed by atoms with van der Waals surface area (Å²) < 4.78 is 11.0. The molecule has 2 aromatic carbocycles. The first kappa shape index (κ1) is 12.0. The van der Waals surface area contributed by atoms with Crippen LogP contribution in [-0.4, -0.2) is 6.61 Å². The Morgan fingerprint density at radius 3 is 2.39 bits per heavy atom. The maximum atomic E-state index is 6.95. The minimum absolute atomic E-state index is 0.568. The maximum absolute atomic E-state index is 6.95. The van der Waals surface area contributed by atoms with Crippen molar-refractivity contribution in [2.45, 2.75) is 6.92 Å². The topological polar surface area (TPSA) is 22.8 Å². The van der Waals surface area contributed by atoms with Gasteiger partial charge in [0.15, 0.2) is 5.69 Å². The normalized spacial score (nSPS) is 9.56. The van der Waals surface area contributed by atoms with Crippen molar-refractivity contribution in [1.29, 1.82) is 0 Å². The lowest BCUT2D eigenvalue weighted by molar-refractivity contribution is 0.339. The molecular formula is C15H13NO2. The summed E-state index contributed by atoms with van der Waals surface area (Å²) in [6.45, 7) is 9.54. The van der Waals surface area contributed by atoms with Crippen LogP contribution in [-0.2, 0) is 0 Å². The van der Waals surface area contributed by atoms with Gasteiger partial charge in [0.2, 0.25) is 0 Å². The Balaban J connectivity index is 2.11. The molecule has 0 aliphatic rings. The highest BCUT2D eigenvalue weighted by Gasteiger charge is 1.99. The van der Waals surface area contributed by atoms with Gasteiger partial charge in [-0.15, -0.1) is 0 Å². The van der Waals surface area contributed by atoms with Crippen LogP contribution >= 0.6 is 0 Å². The van der Waals surface area contributed by atoms with E-state index in [0.717, 1.165) is 11.5 Å². The molecular weight excluding hydrogens is 226 g/mol. The Morgan fingerprint density at radius 1 is 1.00 bits per heavy atom. The van der Waals surface area contributed by atoms with E-state index < -0.39 is 0 Å². The van der Waals surface area contributed by atoms with E-state index in [-0.39, 0.29) is 0 Å². The molecule has 0 bridgehead atoms. The molecule has 0 aliphatic carbocycles. The van der Waals surface area contributed by atoms with Crippen molar-refractivity contribution < 1.29 is 9.47 Å². The van der Waals surface area contributed by atoms with Gasteiger partial charge in [-0.05, 0) is 43.3 Å². The molecule has 0 unspecified atom stereocenters. The first-order valence-corrected chi connectivity index (χ1v) is 5.70. The van der Waals surface area contributed by atoms with Crippen molar-refractivity contribution in [3.05, 3.63) is 59.9 Å². The largest absolute Gasteiger partial charge is 0.494 e. The molecule has 0 spiro atoms. The fourth-order valence-corrected chi connectivity index (χ4v) is 1.52. The molecule has 0 atom stereocenters. The SMILES string of the molecule is [C-]#[N+]c1cccc(Oc2ccc(OCC)cc2)c1. The molecule has 90 valence electrons. The summed E-state index contributed by atoms with van der Waals surface area (Å²) in [4.78, 5) is 3.36. The lowest BCUT2D eigenvalue weighted by Gasteiger charge is -2.07. The highest BCUT2D eigenvalue weighted by molar-refractivity contribution is 5.50. The van der Waals surface area contributed by atoms with Gasteiger partial charge in [0.25, 0.3) is 0 Å². The van der Waals surface area contributed by atoms with Crippen molar-refractivity contribution in [3.8, 4) is 17.2 Å². The summed E-state index contributed by atoms with van der Waals surface area (Å²) in [6, 6.07) is 14.5. The molecule has 3 nitrogen and oxygen atoms in total. The molecule has 2 aromatic rings. The second kappa shape index (κ2) is 5.74. The molecule has 0 fully saturated rings. The van der Waals surface area contributed by atoms with Crippen LogP contribution in [0.3, 0.4) is 0 Å². The van der Waals surface area contributed by atoms with Crippen molar-refractivity contribution in [3.63, 3.8) is 0 Å². The van der Waals surface area contributed by atoms with Crippen molar-refractivity contribution in [1.82, 2.24) is 0 Å². The Kier molecular flexibility index (Phi) is 3.83. The maximum Gasteiger partial charge on any atom is 0.190 e. The lowest BCUT2D eigenvalue weighted by Crippen LogP contribution is -1.91. The molecule has 0 radical (unpaired) electrons. The van der Waals surface area contributed by atoms with Crippen LogP contribution < -0.4 is 9.47 Å². The minimum atomic E-state index is 0.568. The summed E-state index contributed by atoms with van der Waals surface area (Å²) in [5.74, 6) is 2.20. The van der Waals surface area contributed by atoms with Crippen LogP contribution in [0.15, 0.2) is 48.5 Å². The zero-order chi connectivity index (χ0) is 12.8. The molecule has 0 aromatic heterocycles. The number of ether oxygens (including phenoxy) is 2. The van der Waals surface area contributed by atoms with Gasteiger partial charge in [-0.2, -0.15) is 0 Å². The molecule has 18 heavy (non-hydrogen) atoms. The number of hydrogen-bond acceptors (Lipinski definition) is 2. The summed E-state index contributed by atoms with van der Waals surface area (Å²) in [5, 5.41) is 0. The van der Waals surface area contributed by atoms with Gasteiger partial charge in [0.05, 0.1) is 13.2 Å². The fraction of sp³-hybridized carbons (Fsp3) is 0.133. The molecule has 0 heterocycles. The number of benzene rings is 2. The van der Waals surface area contributed by atoms with Gasteiger partial charge in [-0.25, -0.2) is 4.85 Å². The quantitative estimate of drug-likeness (QED) is 0.736. The summed E-state index contributed by atoms with van der Waals surface area (Å²) in [7, 11) is 0. The van der Waals surface area contributed by atoms with Gasteiger partial charge in [-0.3, -0.25) is 0 Å². The summed E-state index contributed by atoms with van der Waals surface area (Å²) in [6.07, 6.45) is 0. The van der Waals surface area contributed by atoms with E-state index in [9.17, 15) is 0 Å². The molecule has 0 N–H and O–H groups in total. The molecule has 0 amide bonds. The standard InChI is InChI=1S/C15H13NO2/c1-3-17-13-7-9-14(10-8-13)18-15-6-4-5-12(11-15)16-2/h4-11H,3H2,1H3. The lowest BCUT2D eigenvalue weighted by atomic mass is 10.3. The summed E-state index contributed by atoms with van der Waals surface area (Å²) in [5.41, 5.74) is 0.568. The van der Waals surface area contributed by atoms with Gasteiger partial charge in [0.1, 0.15) is 17.2 Å². The monoisotopic (exact) mass is 239 g/mol. The molecule has 0 aliphatic heterocycles. The zero-order valence-corrected chi connectivity index (χ0v) is 10.1. The van der Waals surface area contributed by atoms with Crippen LogP contribution in [0, 0.1) is 6.57 Å². The first-order valence-electron chi connectivity index (χ1n) is 5.70. The minimum Gasteiger partial charge on any atom is -0.494 e. The van der Waals surface area contributed by atoms with Crippen LogP contribution in [0.25, 0.3) is 4.85 Å². The number of rotatable bonds is 4. The third kappa shape index (κ3) is 3.02. The predicted molar refractivity (Wildman–Crippen MR) is 70.4 cm³/mol. The van der Waals surface area contributed by atoms with Gasteiger partial charge in [0, 0.05) is 0 Å². The van der Waals surface area contributed by atoms with Crippen molar-refractivity contribution in [2.24, 2.45) is 0 Å². The molecule has 2 rings (SSSR count). The van der Waals surface area contributed by atoms with Crippen LogP contribution in [0.4, 0.5) is 5.69 Å². The Hall–Kier alpha value is -2.47. The van der Waals surface area contributed by atoms with E-state index in [1.165, 1.54) is 0 Å². The predicted octanol–water partition coefficient (Wildman–Crippen LogP) is 4.43. The van der Waals surface area contributed by atoms with Gasteiger partial charge in [-0.1, -0.05) is 12.1 Å². The molecule has 0 saturated carbocycles. The Labute approximate surface area is 106 Å². The van der Waals surface area contributed by atoms with E-state index in [1.54, 1.807) is 18.2 Å². The average molecular weight is 239 g/mol. The van der Waals surface area contributed by atoms with Gasteiger partial charge < -0.3 is 9.47 Å². The Morgan fingerprint density at radius 2 is 1.72 bits per heavy atom. The highest BCUT2D eigenvalue weighted by Crippen LogP contribution is 2.26. The third-order valence-electron chi connectivity index (χ3n) is 2.32. The third-order valence-corrected chi connectivity index (χ3v) is 2.32. The average Bonchev–Trinajstić information content (AvgIpc) is 2.42. The van der Waals surface area contributed by atoms with E-state index in [4.69, 9.17) is 16.0 Å². The second-order valence-electron chi connectivity index (χ2n) is 3.62. The Bertz CT molecular complexity index is 555.